The largest absolute Gasteiger partial charge is 0.458 e. The number of ether oxygens (including phenoxy) is 1. The molecule has 1 fully saturated rings. The number of rotatable bonds is 4. The van der Waals surface area contributed by atoms with Gasteiger partial charge in [-0.05, 0) is 31.0 Å². The normalized spacial score (nSPS) is 15.4. The highest BCUT2D eigenvalue weighted by molar-refractivity contribution is 7.18. The van der Waals surface area contributed by atoms with Crippen LogP contribution in [0.4, 0.5) is 5.95 Å². The lowest BCUT2D eigenvalue weighted by molar-refractivity contribution is -0.150. The van der Waals surface area contributed by atoms with Gasteiger partial charge in [0.05, 0.1) is 16.1 Å². The maximum absolute atomic E-state index is 12.3. The lowest BCUT2D eigenvalue weighted by atomic mass is 9.97. The van der Waals surface area contributed by atoms with E-state index in [1.54, 1.807) is 29.8 Å². The smallest absolute Gasteiger partial charge is 0.309 e. The second-order valence-electron chi connectivity index (χ2n) is 5.99. The average molecular weight is 354 g/mol. The highest BCUT2D eigenvalue weighted by Gasteiger charge is 2.27. The van der Waals surface area contributed by atoms with Crippen molar-refractivity contribution in [2.75, 3.05) is 18.0 Å². The van der Waals surface area contributed by atoms with E-state index in [2.05, 4.69) is 19.9 Å². The van der Waals surface area contributed by atoms with Crippen molar-refractivity contribution in [2.45, 2.75) is 19.4 Å². The third-order valence-corrected chi connectivity index (χ3v) is 5.35. The number of hydrogen-bond donors (Lipinski definition) is 0. The Morgan fingerprint density at radius 1 is 1.16 bits per heavy atom. The molecular formula is C18H18N4O2S. The van der Waals surface area contributed by atoms with Gasteiger partial charge in [-0.15, -0.1) is 11.3 Å². The second-order valence-corrected chi connectivity index (χ2v) is 7.11. The highest BCUT2D eigenvalue weighted by Crippen LogP contribution is 2.24. The summed E-state index contributed by atoms with van der Waals surface area (Å²) < 4.78 is 6.61. The van der Waals surface area contributed by atoms with Crippen molar-refractivity contribution >= 4 is 33.5 Å². The molecule has 25 heavy (non-hydrogen) atoms. The molecule has 3 heterocycles. The summed E-state index contributed by atoms with van der Waals surface area (Å²) in [5.41, 5.74) is 0.953. The molecule has 0 amide bonds. The van der Waals surface area contributed by atoms with Crippen molar-refractivity contribution in [3.05, 3.63) is 47.7 Å². The van der Waals surface area contributed by atoms with Gasteiger partial charge in [-0.25, -0.2) is 15.0 Å². The Morgan fingerprint density at radius 3 is 2.68 bits per heavy atom. The fourth-order valence-electron chi connectivity index (χ4n) is 3.00. The Balaban J connectivity index is 1.30. The average Bonchev–Trinajstić information content (AvgIpc) is 3.10. The van der Waals surface area contributed by atoms with Crippen molar-refractivity contribution < 1.29 is 9.53 Å². The summed E-state index contributed by atoms with van der Waals surface area (Å²) in [6.45, 7) is 1.79. The van der Waals surface area contributed by atoms with E-state index in [1.165, 1.54) is 0 Å². The van der Waals surface area contributed by atoms with E-state index in [-0.39, 0.29) is 18.5 Å². The molecule has 6 nitrogen and oxygen atoms in total. The number of fused-ring (bicyclic) bond motifs is 1. The van der Waals surface area contributed by atoms with Gasteiger partial charge in [-0.1, -0.05) is 12.1 Å². The second kappa shape index (κ2) is 7.14. The van der Waals surface area contributed by atoms with Crippen LogP contribution in [0.2, 0.25) is 0 Å². The van der Waals surface area contributed by atoms with Gasteiger partial charge in [-0.3, -0.25) is 4.79 Å². The summed E-state index contributed by atoms with van der Waals surface area (Å²) in [7, 11) is 0. The number of benzene rings is 1. The molecule has 0 spiro atoms. The van der Waals surface area contributed by atoms with Crippen LogP contribution in [-0.2, 0) is 16.1 Å². The zero-order valence-electron chi connectivity index (χ0n) is 13.7. The zero-order chi connectivity index (χ0) is 17.1. The van der Waals surface area contributed by atoms with Crippen LogP contribution in [0.25, 0.3) is 10.2 Å². The van der Waals surface area contributed by atoms with Crippen molar-refractivity contribution in [1.29, 1.82) is 0 Å². The first-order valence-electron chi connectivity index (χ1n) is 8.32. The molecular weight excluding hydrogens is 336 g/mol. The van der Waals surface area contributed by atoms with Gasteiger partial charge < -0.3 is 9.64 Å². The SMILES string of the molecule is O=C(OCc1nc2ccccc2s1)C1CCN(c2ncccn2)CC1. The fourth-order valence-corrected chi connectivity index (χ4v) is 3.88. The number of carbonyl (C=O) groups excluding carboxylic acids is 1. The molecule has 0 atom stereocenters. The van der Waals surface area contributed by atoms with E-state index in [4.69, 9.17) is 4.74 Å². The summed E-state index contributed by atoms with van der Waals surface area (Å²) in [5.74, 6) is 0.533. The first kappa shape index (κ1) is 16.0. The third kappa shape index (κ3) is 3.61. The van der Waals surface area contributed by atoms with Crippen LogP contribution in [0.15, 0.2) is 42.7 Å². The summed E-state index contributed by atoms with van der Waals surface area (Å²) >= 11 is 1.57. The van der Waals surface area contributed by atoms with Crippen LogP contribution in [0, 0.1) is 5.92 Å². The van der Waals surface area contributed by atoms with Gasteiger partial charge in [0.15, 0.2) is 0 Å². The van der Waals surface area contributed by atoms with Gasteiger partial charge in [0.25, 0.3) is 0 Å². The zero-order valence-corrected chi connectivity index (χ0v) is 14.5. The van der Waals surface area contributed by atoms with E-state index >= 15 is 0 Å². The topological polar surface area (TPSA) is 68.2 Å². The van der Waals surface area contributed by atoms with Crippen molar-refractivity contribution in [2.24, 2.45) is 5.92 Å². The molecule has 1 aliphatic rings. The lowest BCUT2D eigenvalue weighted by Crippen LogP contribution is -2.37. The molecule has 0 radical (unpaired) electrons. The highest BCUT2D eigenvalue weighted by atomic mass is 32.1. The Hall–Kier alpha value is -2.54. The molecule has 0 N–H and O–H groups in total. The van der Waals surface area contributed by atoms with E-state index in [0.717, 1.165) is 47.1 Å². The number of para-hydroxylation sites is 1. The predicted molar refractivity (Wildman–Crippen MR) is 96.4 cm³/mol. The number of thiazole rings is 1. The molecule has 4 rings (SSSR count). The van der Waals surface area contributed by atoms with Gasteiger partial charge in [-0.2, -0.15) is 0 Å². The summed E-state index contributed by atoms with van der Waals surface area (Å²) in [6, 6.07) is 9.75. The number of nitrogens with zero attached hydrogens (tertiary/aromatic N) is 4. The molecule has 0 saturated carbocycles. The quantitative estimate of drug-likeness (QED) is 0.671. The van der Waals surface area contributed by atoms with Crippen LogP contribution in [0.3, 0.4) is 0 Å². The molecule has 3 aromatic rings. The van der Waals surface area contributed by atoms with Gasteiger partial charge in [0, 0.05) is 25.5 Å². The van der Waals surface area contributed by atoms with Gasteiger partial charge >= 0.3 is 5.97 Å². The minimum atomic E-state index is -0.132. The lowest BCUT2D eigenvalue weighted by Gasteiger charge is -2.30. The Labute approximate surface area is 149 Å². The first-order chi connectivity index (χ1) is 12.3. The van der Waals surface area contributed by atoms with Crippen LogP contribution in [0.1, 0.15) is 17.8 Å². The van der Waals surface area contributed by atoms with Crippen LogP contribution < -0.4 is 4.90 Å². The number of carbonyl (C=O) groups is 1. The number of esters is 1. The third-order valence-electron chi connectivity index (χ3n) is 4.34. The monoisotopic (exact) mass is 354 g/mol. The maximum Gasteiger partial charge on any atom is 0.309 e. The van der Waals surface area contributed by atoms with Crippen molar-refractivity contribution in [3.63, 3.8) is 0 Å². The maximum atomic E-state index is 12.3. The molecule has 7 heteroatoms. The molecule has 0 unspecified atom stereocenters. The van der Waals surface area contributed by atoms with Crippen molar-refractivity contribution in [1.82, 2.24) is 15.0 Å². The molecule has 1 saturated heterocycles. The molecule has 128 valence electrons. The number of aromatic nitrogens is 3. The van der Waals surface area contributed by atoms with Gasteiger partial charge in [0.2, 0.25) is 5.95 Å². The molecule has 0 bridgehead atoms. The summed E-state index contributed by atoms with van der Waals surface area (Å²) in [6.07, 6.45) is 5.00. The van der Waals surface area contributed by atoms with E-state index in [0.29, 0.717) is 0 Å². The summed E-state index contributed by atoms with van der Waals surface area (Å²) in [4.78, 5) is 27.5. The fraction of sp³-hybridized carbons (Fsp3) is 0.333. The van der Waals surface area contributed by atoms with Crippen LogP contribution in [0.5, 0.6) is 0 Å². The summed E-state index contributed by atoms with van der Waals surface area (Å²) in [5, 5.41) is 0.838. The van der Waals surface area contributed by atoms with Crippen molar-refractivity contribution in [3.8, 4) is 0 Å². The van der Waals surface area contributed by atoms with E-state index in [1.807, 2.05) is 24.3 Å². The molecule has 2 aromatic heterocycles. The first-order valence-corrected chi connectivity index (χ1v) is 9.14. The number of piperidine rings is 1. The van der Waals surface area contributed by atoms with Crippen LogP contribution >= 0.6 is 11.3 Å². The Morgan fingerprint density at radius 2 is 1.92 bits per heavy atom. The number of hydrogen-bond acceptors (Lipinski definition) is 7. The van der Waals surface area contributed by atoms with Crippen LogP contribution in [-0.4, -0.2) is 34.0 Å². The minimum Gasteiger partial charge on any atom is -0.458 e. The van der Waals surface area contributed by atoms with E-state index in [9.17, 15) is 4.79 Å². The molecule has 0 aliphatic carbocycles. The predicted octanol–water partition coefficient (Wildman–Crippen LogP) is 3.05. The minimum absolute atomic E-state index is 0.0608. The van der Waals surface area contributed by atoms with Gasteiger partial charge in [0.1, 0.15) is 11.6 Å². The molecule has 1 aromatic carbocycles. The molecule has 1 aliphatic heterocycles. The number of anilines is 1. The van der Waals surface area contributed by atoms with E-state index < -0.39 is 0 Å². The Kier molecular flexibility index (Phi) is 4.56. The Bertz CT molecular complexity index is 827. The standard InChI is InChI=1S/C18H18N4O2S/c23-17(24-12-16-21-14-4-1-2-5-15(14)25-16)13-6-10-22(11-7-13)18-19-8-3-9-20-18/h1-5,8-9,13H,6-7,10-12H2.